The van der Waals surface area contributed by atoms with Crippen molar-refractivity contribution < 1.29 is 0 Å². The van der Waals surface area contributed by atoms with Crippen LogP contribution in [0.4, 0.5) is 5.82 Å². The van der Waals surface area contributed by atoms with Gasteiger partial charge in [0, 0.05) is 26.2 Å². The predicted octanol–water partition coefficient (Wildman–Crippen LogP) is 3.57. The van der Waals surface area contributed by atoms with Crippen LogP contribution < -0.4 is 11.1 Å². The molecule has 1 aliphatic heterocycles. The summed E-state index contributed by atoms with van der Waals surface area (Å²) in [5, 5.41) is 17.5. The van der Waals surface area contributed by atoms with Crippen molar-refractivity contribution in [3.05, 3.63) is 41.6 Å². The lowest BCUT2D eigenvalue weighted by atomic mass is 9.93. The van der Waals surface area contributed by atoms with Crippen LogP contribution in [0.3, 0.4) is 0 Å². The zero-order chi connectivity index (χ0) is 20.9. The van der Waals surface area contributed by atoms with Crippen LogP contribution in [0.5, 0.6) is 0 Å². The van der Waals surface area contributed by atoms with E-state index in [4.69, 9.17) is 10.7 Å². The lowest BCUT2D eigenvalue weighted by Crippen LogP contribution is -2.40. The van der Waals surface area contributed by atoms with E-state index >= 15 is 0 Å². The number of nitrogen functional groups attached to an aromatic ring is 1. The first-order valence-electron chi connectivity index (χ1n) is 10.3. The van der Waals surface area contributed by atoms with Crippen molar-refractivity contribution >= 4 is 35.8 Å². The number of guanidine groups is 1. The molecule has 1 aromatic heterocycles. The first kappa shape index (κ1) is 24.0. The van der Waals surface area contributed by atoms with Crippen LogP contribution >= 0.6 is 24.0 Å². The molecule has 7 nitrogen and oxygen atoms in total. The molecule has 30 heavy (non-hydrogen) atoms. The minimum absolute atomic E-state index is 0. The van der Waals surface area contributed by atoms with Gasteiger partial charge in [-0.2, -0.15) is 10.4 Å². The minimum atomic E-state index is 0. The number of nitrogens with zero attached hydrogens (tertiary/aromatic N) is 5. The first-order valence-corrected chi connectivity index (χ1v) is 10.3. The average molecular weight is 521 g/mol. The largest absolute Gasteiger partial charge is 0.382 e. The normalized spacial score (nSPS) is 15.5. The van der Waals surface area contributed by atoms with Crippen LogP contribution in [-0.2, 0) is 6.42 Å². The van der Waals surface area contributed by atoms with E-state index in [2.05, 4.69) is 42.2 Å². The maximum absolute atomic E-state index is 9.54. The standard InChI is InChI=1S/C22H31N7.HI/c1-4-25-21(28-14-12-22(2,3)16-28)26-13-8-11-19-18(15-23)20(24)29(27-19)17-9-6-5-7-10-17;/h5-7,9-10H,4,8,11-14,16,24H2,1-3H3,(H,25,26);1H. The maximum atomic E-state index is 9.54. The molecule has 1 aliphatic rings. The monoisotopic (exact) mass is 521 g/mol. The van der Waals surface area contributed by atoms with E-state index in [0.29, 0.717) is 29.8 Å². The van der Waals surface area contributed by atoms with Crippen molar-refractivity contribution in [3.8, 4) is 11.8 Å². The zero-order valence-corrected chi connectivity index (χ0v) is 20.4. The van der Waals surface area contributed by atoms with Crippen LogP contribution in [0.2, 0.25) is 0 Å². The number of nitrogens with two attached hydrogens (primary N) is 1. The van der Waals surface area contributed by atoms with Crippen molar-refractivity contribution in [1.82, 2.24) is 20.0 Å². The van der Waals surface area contributed by atoms with E-state index in [9.17, 15) is 5.26 Å². The van der Waals surface area contributed by atoms with Gasteiger partial charge in [0.15, 0.2) is 5.96 Å². The molecule has 0 unspecified atom stereocenters. The number of aliphatic imine (C=N–C) groups is 1. The Hall–Kier alpha value is -2.28. The molecule has 1 fully saturated rings. The van der Waals surface area contributed by atoms with Crippen molar-refractivity contribution in [2.45, 2.75) is 40.0 Å². The first-order chi connectivity index (χ1) is 13.9. The van der Waals surface area contributed by atoms with E-state index < -0.39 is 0 Å². The fourth-order valence-corrected chi connectivity index (χ4v) is 3.69. The number of anilines is 1. The topological polar surface area (TPSA) is 95.3 Å². The highest BCUT2D eigenvalue weighted by Crippen LogP contribution is 2.28. The number of halogens is 1. The summed E-state index contributed by atoms with van der Waals surface area (Å²) in [5.41, 5.74) is 8.57. The molecule has 0 amide bonds. The quantitative estimate of drug-likeness (QED) is 0.262. The van der Waals surface area contributed by atoms with E-state index in [0.717, 1.165) is 43.4 Å². The third-order valence-corrected chi connectivity index (χ3v) is 5.25. The lowest BCUT2D eigenvalue weighted by molar-refractivity contribution is 0.370. The number of likely N-dealkylation sites (tertiary alicyclic amines) is 1. The van der Waals surface area contributed by atoms with Crippen molar-refractivity contribution in [2.24, 2.45) is 10.4 Å². The van der Waals surface area contributed by atoms with Gasteiger partial charge in [0.1, 0.15) is 17.5 Å². The Morgan fingerprint density at radius 3 is 2.67 bits per heavy atom. The molecule has 1 aromatic carbocycles. The van der Waals surface area contributed by atoms with Gasteiger partial charge < -0.3 is 16.0 Å². The molecule has 2 heterocycles. The van der Waals surface area contributed by atoms with Crippen LogP contribution in [0.15, 0.2) is 35.3 Å². The molecule has 1 saturated heterocycles. The van der Waals surface area contributed by atoms with Crippen molar-refractivity contribution in [1.29, 1.82) is 5.26 Å². The number of para-hydroxylation sites is 1. The van der Waals surface area contributed by atoms with Gasteiger partial charge in [-0.25, -0.2) is 4.68 Å². The molecule has 0 saturated carbocycles. The Morgan fingerprint density at radius 1 is 1.33 bits per heavy atom. The van der Waals surface area contributed by atoms with E-state index in [1.54, 1.807) is 4.68 Å². The number of nitriles is 1. The summed E-state index contributed by atoms with van der Waals surface area (Å²) in [6.07, 6.45) is 2.66. The van der Waals surface area contributed by atoms with Gasteiger partial charge in [0.2, 0.25) is 0 Å². The second-order valence-electron chi connectivity index (χ2n) is 8.24. The second-order valence-corrected chi connectivity index (χ2v) is 8.24. The van der Waals surface area contributed by atoms with E-state index in [1.165, 1.54) is 6.42 Å². The van der Waals surface area contributed by atoms with Gasteiger partial charge in [-0.15, -0.1) is 24.0 Å². The van der Waals surface area contributed by atoms with Gasteiger partial charge in [0.25, 0.3) is 0 Å². The zero-order valence-electron chi connectivity index (χ0n) is 18.1. The summed E-state index contributed by atoms with van der Waals surface area (Å²) < 4.78 is 1.65. The molecule has 0 bridgehead atoms. The molecule has 3 rings (SSSR count). The van der Waals surface area contributed by atoms with Crippen molar-refractivity contribution in [3.63, 3.8) is 0 Å². The summed E-state index contributed by atoms with van der Waals surface area (Å²) in [4.78, 5) is 7.14. The number of hydrogen-bond acceptors (Lipinski definition) is 4. The number of nitrogens with one attached hydrogen (secondary N) is 1. The highest BCUT2D eigenvalue weighted by atomic mass is 127. The highest BCUT2D eigenvalue weighted by molar-refractivity contribution is 14.0. The van der Waals surface area contributed by atoms with Crippen molar-refractivity contribution in [2.75, 3.05) is 31.9 Å². The summed E-state index contributed by atoms with van der Waals surface area (Å²) in [6, 6.07) is 11.9. The molecule has 8 heteroatoms. The fraction of sp³-hybridized carbons (Fsp3) is 0.500. The van der Waals surface area contributed by atoms with Gasteiger partial charge >= 0.3 is 0 Å². The molecule has 2 aromatic rings. The van der Waals surface area contributed by atoms with Gasteiger partial charge in [0.05, 0.1) is 11.4 Å². The Kier molecular flexibility index (Phi) is 8.53. The van der Waals surface area contributed by atoms with Gasteiger partial charge in [-0.05, 0) is 43.7 Å². The molecular formula is C22H32IN7. The predicted molar refractivity (Wildman–Crippen MR) is 132 cm³/mol. The van der Waals surface area contributed by atoms with Gasteiger partial charge in [-0.3, -0.25) is 4.99 Å². The molecule has 3 N–H and O–H groups in total. The maximum Gasteiger partial charge on any atom is 0.193 e. The van der Waals surface area contributed by atoms with E-state index in [-0.39, 0.29) is 24.0 Å². The summed E-state index contributed by atoms with van der Waals surface area (Å²) >= 11 is 0. The van der Waals surface area contributed by atoms with Crippen LogP contribution in [0, 0.1) is 16.7 Å². The SMILES string of the molecule is CCNC(=NCCCc1nn(-c2ccccc2)c(N)c1C#N)N1CCC(C)(C)C1.I. The van der Waals surface area contributed by atoms with Crippen LogP contribution in [0.25, 0.3) is 5.69 Å². The molecule has 0 aliphatic carbocycles. The Morgan fingerprint density at radius 2 is 2.07 bits per heavy atom. The number of benzene rings is 1. The Balaban J connectivity index is 0.00000320. The highest BCUT2D eigenvalue weighted by Gasteiger charge is 2.30. The Labute approximate surface area is 196 Å². The minimum Gasteiger partial charge on any atom is -0.382 e. The molecule has 0 radical (unpaired) electrons. The average Bonchev–Trinajstić information content (AvgIpc) is 3.23. The van der Waals surface area contributed by atoms with Crippen LogP contribution in [-0.4, -0.2) is 46.8 Å². The molecule has 0 atom stereocenters. The number of hydrogen-bond donors (Lipinski definition) is 2. The number of rotatable bonds is 6. The molecule has 0 spiro atoms. The smallest absolute Gasteiger partial charge is 0.193 e. The third kappa shape index (κ3) is 5.65. The summed E-state index contributed by atoms with van der Waals surface area (Å²) in [6.45, 7) is 10.3. The fourth-order valence-electron chi connectivity index (χ4n) is 3.69. The molecular weight excluding hydrogens is 489 g/mol. The lowest BCUT2D eigenvalue weighted by Gasteiger charge is -2.23. The van der Waals surface area contributed by atoms with E-state index in [1.807, 2.05) is 30.3 Å². The summed E-state index contributed by atoms with van der Waals surface area (Å²) in [5.74, 6) is 1.37. The molecule has 162 valence electrons. The van der Waals surface area contributed by atoms with Crippen LogP contribution in [0.1, 0.15) is 44.9 Å². The number of aryl methyl sites for hydroxylation is 1. The second kappa shape index (κ2) is 10.7. The van der Waals surface area contributed by atoms with Gasteiger partial charge in [-0.1, -0.05) is 32.0 Å². The number of aromatic nitrogens is 2. The third-order valence-electron chi connectivity index (χ3n) is 5.25. The summed E-state index contributed by atoms with van der Waals surface area (Å²) in [7, 11) is 0. The Bertz CT molecular complexity index is 896.